The van der Waals surface area contributed by atoms with Crippen molar-refractivity contribution in [3.8, 4) is 11.1 Å². The van der Waals surface area contributed by atoms with Gasteiger partial charge in [0.1, 0.15) is 16.2 Å². The first-order chi connectivity index (χ1) is 10.6. The Balaban J connectivity index is 2.12. The molecule has 2 heterocycles. The third-order valence-corrected chi connectivity index (χ3v) is 5.39. The molecular weight excluding hydrogens is 314 g/mol. The molecule has 0 saturated carbocycles. The van der Waals surface area contributed by atoms with E-state index in [0.29, 0.717) is 0 Å². The summed E-state index contributed by atoms with van der Waals surface area (Å²) in [5, 5.41) is 3.55. The summed E-state index contributed by atoms with van der Waals surface area (Å²) in [6.07, 6.45) is 1.54. The normalized spacial score (nSPS) is 12.5. The fraction of sp³-hybridized carbons (Fsp3) is 0.188. The van der Waals surface area contributed by atoms with E-state index in [-0.39, 0.29) is 11.2 Å². The highest BCUT2D eigenvalue weighted by molar-refractivity contribution is 8.00. The Morgan fingerprint density at radius 3 is 2.68 bits per heavy atom. The Morgan fingerprint density at radius 1 is 1.27 bits per heavy atom. The van der Waals surface area contributed by atoms with Crippen molar-refractivity contribution in [1.29, 1.82) is 0 Å². The maximum Gasteiger partial charge on any atom is 0.230 e. The summed E-state index contributed by atoms with van der Waals surface area (Å²) in [6.45, 7) is 3.85. The average molecular weight is 329 g/mol. The van der Waals surface area contributed by atoms with Crippen LogP contribution >= 0.6 is 23.1 Å². The topological polar surface area (TPSA) is 68.9 Å². The smallest absolute Gasteiger partial charge is 0.230 e. The van der Waals surface area contributed by atoms with E-state index in [1.165, 1.54) is 23.7 Å². The molecule has 0 aliphatic rings. The second kappa shape index (κ2) is 6.06. The number of rotatable bonds is 4. The van der Waals surface area contributed by atoms with Crippen LogP contribution in [0.25, 0.3) is 21.3 Å². The van der Waals surface area contributed by atoms with Crippen molar-refractivity contribution in [1.82, 2.24) is 9.97 Å². The zero-order valence-corrected chi connectivity index (χ0v) is 13.9. The summed E-state index contributed by atoms with van der Waals surface area (Å²) in [6, 6.07) is 8.36. The number of carbonyl (C=O) groups is 1. The van der Waals surface area contributed by atoms with Crippen molar-refractivity contribution in [2.75, 3.05) is 0 Å². The van der Waals surface area contributed by atoms with Crippen molar-refractivity contribution in [3.05, 3.63) is 41.5 Å². The van der Waals surface area contributed by atoms with Crippen molar-refractivity contribution in [3.63, 3.8) is 0 Å². The van der Waals surface area contributed by atoms with Gasteiger partial charge in [0.2, 0.25) is 5.91 Å². The number of aromatic nitrogens is 2. The van der Waals surface area contributed by atoms with E-state index in [2.05, 4.69) is 46.5 Å². The number of nitrogens with zero attached hydrogens (tertiary/aromatic N) is 2. The van der Waals surface area contributed by atoms with Crippen LogP contribution in [0.15, 0.2) is 41.0 Å². The minimum atomic E-state index is -0.344. The fourth-order valence-electron chi connectivity index (χ4n) is 2.11. The highest BCUT2D eigenvalue weighted by atomic mass is 32.2. The number of benzene rings is 1. The number of hydrogen-bond donors (Lipinski definition) is 1. The first kappa shape index (κ1) is 15.0. The number of hydrogen-bond acceptors (Lipinski definition) is 5. The van der Waals surface area contributed by atoms with E-state index in [0.717, 1.165) is 26.4 Å². The summed E-state index contributed by atoms with van der Waals surface area (Å²) in [5.74, 6) is -0.344. The van der Waals surface area contributed by atoms with E-state index in [1.54, 1.807) is 18.3 Å². The molecule has 1 atom stereocenters. The lowest BCUT2D eigenvalue weighted by Gasteiger charge is -2.08. The Bertz CT molecular complexity index is 827. The van der Waals surface area contributed by atoms with Gasteiger partial charge in [-0.15, -0.1) is 11.3 Å². The van der Waals surface area contributed by atoms with Crippen LogP contribution in [0, 0.1) is 6.92 Å². The molecule has 3 aromatic rings. The largest absolute Gasteiger partial charge is 0.369 e. The number of nitrogens with two attached hydrogens (primary N) is 1. The number of carbonyl (C=O) groups excluding carboxylic acids is 1. The van der Waals surface area contributed by atoms with Crippen LogP contribution in [0.5, 0.6) is 0 Å². The highest BCUT2D eigenvalue weighted by Gasteiger charge is 2.17. The summed E-state index contributed by atoms with van der Waals surface area (Å²) in [4.78, 5) is 20.9. The summed E-state index contributed by atoms with van der Waals surface area (Å²) in [5.41, 5.74) is 8.81. The number of thioether (sulfide) groups is 1. The van der Waals surface area contributed by atoms with Crippen LogP contribution in [0.4, 0.5) is 0 Å². The molecule has 0 spiro atoms. The van der Waals surface area contributed by atoms with Gasteiger partial charge < -0.3 is 5.73 Å². The van der Waals surface area contributed by atoms with Gasteiger partial charge in [-0.25, -0.2) is 9.97 Å². The molecule has 22 heavy (non-hydrogen) atoms. The quantitative estimate of drug-likeness (QED) is 0.586. The molecule has 0 bridgehead atoms. The van der Waals surface area contributed by atoms with Crippen molar-refractivity contribution in [2.45, 2.75) is 24.1 Å². The zero-order valence-electron chi connectivity index (χ0n) is 12.2. The molecule has 0 aliphatic heterocycles. The van der Waals surface area contributed by atoms with Crippen LogP contribution in [0.3, 0.4) is 0 Å². The third-order valence-electron chi connectivity index (χ3n) is 3.39. The van der Waals surface area contributed by atoms with Crippen LogP contribution in [0.2, 0.25) is 0 Å². The molecule has 4 nitrogen and oxygen atoms in total. The van der Waals surface area contributed by atoms with Crippen LogP contribution < -0.4 is 5.73 Å². The van der Waals surface area contributed by atoms with E-state index in [9.17, 15) is 4.79 Å². The SMILES string of the molecule is Cc1ccc(-c2csc3ncnc(SC(C)C(N)=O)c23)cc1. The molecule has 2 N–H and O–H groups in total. The van der Waals surface area contributed by atoms with Gasteiger partial charge in [-0.1, -0.05) is 41.6 Å². The maximum absolute atomic E-state index is 11.3. The second-order valence-corrected chi connectivity index (χ2v) is 7.22. The number of aryl methyl sites for hydroxylation is 1. The Morgan fingerprint density at radius 2 is 2.00 bits per heavy atom. The molecule has 3 rings (SSSR count). The predicted octanol–water partition coefficient (Wildman–Crippen LogP) is 3.63. The monoisotopic (exact) mass is 329 g/mol. The molecular formula is C16H15N3OS2. The zero-order chi connectivity index (χ0) is 15.7. The third kappa shape index (κ3) is 2.84. The maximum atomic E-state index is 11.3. The van der Waals surface area contributed by atoms with Gasteiger partial charge in [0.05, 0.1) is 10.6 Å². The number of amides is 1. The molecule has 1 unspecified atom stereocenters. The molecule has 0 radical (unpaired) electrons. The summed E-state index contributed by atoms with van der Waals surface area (Å²) < 4.78 is 0. The molecule has 1 aromatic carbocycles. The minimum Gasteiger partial charge on any atom is -0.369 e. The minimum absolute atomic E-state index is 0.330. The van der Waals surface area contributed by atoms with Crippen LogP contribution in [-0.2, 0) is 4.79 Å². The van der Waals surface area contributed by atoms with Gasteiger partial charge in [0, 0.05) is 10.9 Å². The first-order valence-corrected chi connectivity index (χ1v) is 8.57. The Kier molecular flexibility index (Phi) is 4.13. The second-order valence-electron chi connectivity index (χ2n) is 5.04. The van der Waals surface area contributed by atoms with Crippen LogP contribution in [-0.4, -0.2) is 21.1 Å². The lowest BCUT2D eigenvalue weighted by Crippen LogP contribution is -2.22. The Hall–Kier alpha value is -1.92. The molecule has 2 aromatic heterocycles. The Labute approximate surface area is 136 Å². The van der Waals surface area contributed by atoms with Crippen LogP contribution in [0.1, 0.15) is 12.5 Å². The van der Waals surface area contributed by atoms with Gasteiger partial charge in [-0.05, 0) is 19.4 Å². The van der Waals surface area contributed by atoms with Gasteiger partial charge in [0.15, 0.2) is 0 Å². The molecule has 0 fully saturated rings. The first-order valence-electron chi connectivity index (χ1n) is 6.81. The van der Waals surface area contributed by atoms with E-state index in [4.69, 9.17) is 5.73 Å². The summed E-state index contributed by atoms with van der Waals surface area (Å²) >= 11 is 2.96. The predicted molar refractivity (Wildman–Crippen MR) is 92.1 cm³/mol. The van der Waals surface area contributed by atoms with Crippen molar-refractivity contribution in [2.24, 2.45) is 5.73 Å². The van der Waals surface area contributed by atoms with E-state index < -0.39 is 0 Å². The standard InChI is InChI=1S/C16H15N3OS2/c1-9-3-5-11(6-4-9)12-7-21-15-13(12)16(19-8-18-15)22-10(2)14(17)20/h3-8,10H,1-2H3,(H2,17,20). The van der Waals surface area contributed by atoms with E-state index >= 15 is 0 Å². The van der Waals surface area contributed by atoms with Gasteiger partial charge in [0.25, 0.3) is 0 Å². The fourth-order valence-corrected chi connectivity index (χ4v) is 3.97. The van der Waals surface area contributed by atoms with Crippen molar-refractivity contribution >= 4 is 39.2 Å². The average Bonchev–Trinajstić information content (AvgIpc) is 2.93. The lowest BCUT2D eigenvalue weighted by molar-refractivity contribution is -0.117. The molecule has 1 amide bonds. The molecule has 6 heteroatoms. The summed E-state index contributed by atoms with van der Waals surface area (Å²) in [7, 11) is 0. The highest BCUT2D eigenvalue weighted by Crippen LogP contribution is 2.38. The van der Waals surface area contributed by atoms with Gasteiger partial charge >= 0.3 is 0 Å². The van der Waals surface area contributed by atoms with Crippen molar-refractivity contribution < 1.29 is 4.79 Å². The number of primary amides is 1. The van der Waals surface area contributed by atoms with Gasteiger partial charge in [-0.3, -0.25) is 4.79 Å². The molecule has 0 saturated heterocycles. The van der Waals surface area contributed by atoms with Gasteiger partial charge in [-0.2, -0.15) is 0 Å². The molecule has 112 valence electrons. The van der Waals surface area contributed by atoms with E-state index in [1.807, 2.05) is 0 Å². The number of fused-ring (bicyclic) bond motifs is 1. The number of thiophene rings is 1. The molecule has 0 aliphatic carbocycles. The lowest BCUT2D eigenvalue weighted by atomic mass is 10.1.